The second-order valence-corrected chi connectivity index (χ2v) is 9.83. The van der Waals surface area contributed by atoms with Crippen LogP contribution in [-0.2, 0) is 24.7 Å². The molecule has 9 heteroatoms. The van der Waals surface area contributed by atoms with Crippen molar-refractivity contribution in [3.05, 3.63) is 29.8 Å². The summed E-state index contributed by atoms with van der Waals surface area (Å²) in [4.78, 5) is 13.9. The summed E-state index contributed by atoms with van der Waals surface area (Å²) in [7, 11) is -7.08. The molecular weight excluding hydrogens is 340 g/mol. The van der Waals surface area contributed by atoms with Gasteiger partial charge in [-0.2, -0.15) is 0 Å². The monoisotopic (exact) mass is 360 g/mol. The van der Waals surface area contributed by atoms with E-state index < -0.39 is 31.7 Å². The predicted octanol–water partition coefficient (Wildman–Crippen LogP) is 0.554. The van der Waals surface area contributed by atoms with E-state index in [1.807, 2.05) is 18.7 Å². The number of benzene rings is 1. The molecule has 1 saturated heterocycles. The van der Waals surface area contributed by atoms with Gasteiger partial charge in [0, 0.05) is 0 Å². The van der Waals surface area contributed by atoms with Crippen molar-refractivity contribution in [2.75, 3.05) is 11.5 Å². The molecule has 7 nitrogen and oxygen atoms in total. The molecule has 2 rings (SSSR count). The number of hydrogen-bond donors (Lipinski definition) is 2. The van der Waals surface area contributed by atoms with Crippen LogP contribution in [0.3, 0.4) is 0 Å². The Kier molecular flexibility index (Phi) is 5.12. The molecule has 1 aliphatic heterocycles. The summed E-state index contributed by atoms with van der Waals surface area (Å²) in [5, 5.41) is 0. The van der Waals surface area contributed by atoms with E-state index >= 15 is 0 Å². The Hall–Kier alpha value is -1.45. The minimum atomic E-state index is -3.89. The number of carbonyl (C=O) groups is 1. The van der Waals surface area contributed by atoms with E-state index in [0.29, 0.717) is 0 Å². The first-order valence-electron chi connectivity index (χ1n) is 7.23. The zero-order chi connectivity index (χ0) is 17.3. The number of hydrogen-bond acceptors (Lipinski definition) is 5. The Balaban J connectivity index is 2.00. The standard InChI is InChI=1S/C14H20N2O5S2/c1-10(2)11-3-5-13(6-4-11)23(20,21)16-15-14(17)12-7-8-22(18,19)9-12/h3-6,10,12,16H,7-9H2,1-2H3,(H,15,17)/t12-/m0/s1. The summed E-state index contributed by atoms with van der Waals surface area (Å²) >= 11 is 0. The van der Waals surface area contributed by atoms with Gasteiger partial charge in [0.15, 0.2) is 9.84 Å². The number of sulfone groups is 1. The number of rotatable bonds is 5. The molecule has 0 radical (unpaired) electrons. The Morgan fingerprint density at radius 1 is 1.22 bits per heavy atom. The van der Waals surface area contributed by atoms with Gasteiger partial charge in [-0.3, -0.25) is 10.2 Å². The van der Waals surface area contributed by atoms with Gasteiger partial charge in [0.1, 0.15) is 0 Å². The van der Waals surface area contributed by atoms with Crippen molar-refractivity contribution in [3.63, 3.8) is 0 Å². The van der Waals surface area contributed by atoms with Crippen molar-refractivity contribution in [1.82, 2.24) is 10.3 Å². The van der Waals surface area contributed by atoms with Crippen LogP contribution in [0.25, 0.3) is 0 Å². The van der Waals surface area contributed by atoms with E-state index in [1.54, 1.807) is 12.1 Å². The molecule has 1 aromatic rings. The Labute approximate surface area is 136 Å². The molecule has 0 saturated carbocycles. The molecule has 1 atom stereocenters. The molecule has 2 N–H and O–H groups in total. The van der Waals surface area contributed by atoms with Crippen LogP contribution in [0.4, 0.5) is 0 Å². The van der Waals surface area contributed by atoms with Crippen LogP contribution >= 0.6 is 0 Å². The van der Waals surface area contributed by atoms with Crippen LogP contribution in [0.2, 0.25) is 0 Å². The second-order valence-electron chi connectivity index (χ2n) is 5.92. The quantitative estimate of drug-likeness (QED) is 0.746. The van der Waals surface area contributed by atoms with Crippen molar-refractivity contribution < 1.29 is 21.6 Å². The van der Waals surface area contributed by atoms with E-state index in [4.69, 9.17) is 0 Å². The first-order chi connectivity index (χ1) is 10.6. The topological polar surface area (TPSA) is 109 Å². The van der Waals surface area contributed by atoms with Crippen molar-refractivity contribution in [3.8, 4) is 0 Å². The summed E-state index contributed by atoms with van der Waals surface area (Å²) in [6.45, 7) is 4.00. The molecular formula is C14H20N2O5S2. The van der Waals surface area contributed by atoms with Crippen LogP contribution in [0.15, 0.2) is 29.2 Å². The summed E-state index contributed by atoms with van der Waals surface area (Å²) < 4.78 is 46.9. The average molecular weight is 360 g/mol. The SMILES string of the molecule is CC(C)c1ccc(S(=O)(=O)NNC(=O)[C@H]2CCS(=O)(=O)C2)cc1. The maximum Gasteiger partial charge on any atom is 0.257 e. The fourth-order valence-electron chi connectivity index (χ4n) is 2.31. The molecule has 128 valence electrons. The third-order valence-corrected chi connectivity index (χ3v) is 6.80. The molecule has 1 amide bonds. The number of carbonyl (C=O) groups excluding carboxylic acids is 1. The van der Waals surface area contributed by atoms with Gasteiger partial charge in [0.25, 0.3) is 10.0 Å². The fourth-order valence-corrected chi connectivity index (χ4v) is 4.90. The van der Waals surface area contributed by atoms with E-state index in [2.05, 4.69) is 5.43 Å². The molecule has 23 heavy (non-hydrogen) atoms. The third-order valence-electron chi connectivity index (χ3n) is 3.77. The molecule has 0 aromatic heterocycles. The van der Waals surface area contributed by atoms with Gasteiger partial charge in [-0.25, -0.2) is 16.8 Å². The smallest absolute Gasteiger partial charge is 0.257 e. The number of sulfonamides is 1. The van der Waals surface area contributed by atoms with Gasteiger partial charge in [-0.15, -0.1) is 4.83 Å². The summed E-state index contributed by atoms with van der Waals surface area (Å²) in [5.74, 6) is -1.36. The van der Waals surface area contributed by atoms with Crippen molar-refractivity contribution >= 4 is 25.8 Å². The fraction of sp³-hybridized carbons (Fsp3) is 0.500. The van der Waals surface area contributed by atoms with E-state index in [1.165, 1.54) is 12.1 Å². The highest BCUT2D eigenvalue weighted by Gasteiger charge is 2.33. The highest BCUT2D eigenvalue weighted by molar-refractivity contribution is 7.91. The predicted molar refractivity (Wildman–Crippen MR) is 85.8 cm³/mol. The van der Waals surface area contributed by atoms with E-state index in [9.17, 15) is 21.6 Å². The van der Waals surface area contributed by atoms with E-state index in [0.717, 1.165) is 5.56 Å². The average Bonchev–Trinajstić information content (AvgIpc) is 2.85. The summed E-state index contributed by atoms with van der Waals surface area (Å²) in [6.07, 6.45) is 0.207. The highest BCUT2D eigenvalue weighted by Crippen LogP contribution is 2.19. The van der Waals surface area contributed by atoms with Crippen LogP contribution < -0.4 is 10.3 Å². The number of amides is 1. The lowest BCUT2D eigenvalue weighted by molar-refractivity contribution is -0.124. The lowest BCUT2D eigenvalue weighted by Crippen LogP contribution is -2.44. The van der Waals surface area contributed by atoms with Gasteiger partial charge in [-0.1, -0.05) is 26.0 Å². The minimum absolute atomic E-state index is 0.0289. The van der Waals surface area contributed by atoms with Crippen LogP contribution in [0.1, 0.15) is 31.7 Å². The van der Waals surface area contributed by atoms with Gasteiger partial charge in [0.2, 0.25) is 5.91 Å². The summed E-state index contributed by atoms with van der Waals surface area (Å²) in [5.41, 5.74) is 3.10. The van der Waals surface area contributed by atoms with Gasteiger partial charge < -0.3 is 0 Å². The first kappa shape index (κ1) is 17.9. The molecule has 1 fully saturated rings. The maximum atomic E-state index is 12.1. The molecule has 0 bridgehead atoms. The Bertz CT molecular complexity index is 783. The van der Waals surface area contributed by atoms with Crippen LogP contribution in [0, 0.1) is 5.92 Å². The highest BCUT2D eigenvalue weighted by atomic mass is 32.2. The summed E-state index contributed by atoms with van der Waals surface area (Å²) in [6, 6.07) is 6.35. The molecule has 0 aliphatic carbocycles. The molecule has 0 unspecified atom stereocenters. The van der Waals surface area contributed by atoms with Crippen molar-refractivity contribution in [2.24, 2.45) is 5.92 Å². The van der Waals surface area contributed by atoms with Gasteiger partial charge >= 0.3 is 0 Å². The first-order valence-corrected chi connectivity index (χ1v) is 10.5. The van der Waals surface area contributed by atoms with Crippen molar-refractivity contribution in [2.45, 2.75) is 31.1 Å². The lowest BCUT2D eigenvalue weighted by Gasteiger charge is -2.12. The zero-order valence-corrected chi connectivity index (χ0v) is 14.6. The van der Waals surface area contributed by atoms with Crippen molar-refractivity contribution in [1.29, 1.82) is 0 Å². The third kappa shape index (κ3) is 4.52. The van der Waals surface area contributed by atoms with Crippen LogP contribution in [0.5, 0.6) is 0 Å². The molecule has 1 aromatic carbocycles. The van der Waals surface area contributed by atoms with Gasteiger partial charge in [0.05, 0.1) is 22.3 Å². The Morgan fingerprint density at radius 3 is 2.30 bits per heavy atom. The lowest BCUT2D eigenvalue weighted by atomic mass is 10.0. The number of nitrogens with one attached hydrogen (secondary N) is 2. The zero-order valence-electron chi connectivity index (χ0n) is 12.9. The largest absolute Gasteiger partial charge is 0.277 e. The Morgan fingerprint density at radius 2 is 1.83 bits per heavy atom. The molecule has 1 aliphatic rings. The molecule has 1 heterocycles. The maximum absolute atomic E-state index is 12.1. The van der Waals surface area contributed by atoms with Gasteiger partial charge in [-0.05, 0) is 30.0 Å². The number of hydrazine groups is 1. The minimum Gasteiger partial charge on any atom is -0.277 e. The second kappa shape index (κ2) is 6.58. The van der Waals surface area contributed by atoms with Crippen LogP contribution in [-0.4, -0.2) is 34.2 Å². The van der Waals surface area contributed by atoms with E-state index in [-0.39, 0.29) is 28.7 Å². The molecule has 0 spiro atoms. The normalized spacial score (nSPS) is 20.6.